The normalized spacial score (nSPS) is 13.7. The van der Waals surface area contributed by atoms with Crippen LogP contribution < -0.4 is 5.32 Å². The maximum atomic E-state index is 12.0. The van der Waals surface area contributed by atoms with Crippen LogP contribution in [0.25, 0.3) is 0 Å². The summed E-state index contributed by atoms with van der Waals surface area (Å²) in [6, 6.07) is 8.86. The van der Waals surface area contributed by atoms with Crippen LogP contribution in [0.4, 0.5) is 4.79 Å². The largest absolute Gasteiger partial charge is 0.480 e. The van der Waals surface area contributed by atoms with Gasteiger partial charge in [0.15, 0.2) is 0 Å². The van der Waals surface area contributed by atoms with Crippen LogP contribution in [0.5, 0.6) is 0 Å². The molecule has 128 valence electrons. The molecule has 2 N–H and O–H groups in total. The van der Waals surface area contributed by atoms with E-state index in [0.29, 0.717) is 12.8 Å². The maximum absolute atomic E-state index is 12.0. The number of nitrogens with one attached hydrogen (secondary N) is 1. The predicted octanol–water partition coefficient (Wildman–Crippen LogP) is 3.48. The fraction of sp³-hybridized carbons (Fsp3) is 0.556. The van der Waals surface area contributed by atoms with Crippen molar-refractivity contribution in [2.24, 2.45) is 11.8 Å². The number of benzene rings is 1. The highest BCUT2D eigenvalue weighted by Crippen LogP contribution is 2.14. The first-order valence-corrected chi connectivity index (χ1v) is 8.03. The first-order chi connectivity index (χ1) is 10.8. The topological polar surface area (TPSA) is 75.6 Å². The third-order valence-corrected chi connectivity index (χ3v) is 3.58. The summed E-state index contributed by atoms with van der Waals surface area (Å²) in [6.45, 7) is 7.78. The predicted molar refractivity (Wildman–Crippen MR) is 89.3 cm³/mol. The fourth-order valence-electron chi connectivity index (χ4n) is 2.27. The molecule has 0 saturated heterocycles. The molecule has 1 rings (SSSR count). The van der Waals surface area contributed by atoms with Crippen molar-refractivity contribution in [3.05, 3.63) is 35.9 Å². The van der Waals surface area contributed by atoms with E-state index in [1.54, 1.807) is 0 Å². The Morgan fingerprint density at radius 2 is 1.74 bits per heavy atom. The van der Waals surface area contributed by atoms with Gasteiger partial charge in [0, 0.05) is 6.42 Å². The molecule has 0 saturated carbocycles. The number of carbonyl (C=O) groups is 2. The standard InChI is InChI=1S/C18H27NO4/c1-12(2)10-15(17(20)21)19-18(22)23-16(13(3)4)11-14-8-6-5-7-9-14/h5-9,12-13,15-16H,10-11H2,1-4H3,(H,19,22)(H,20,21). The van der Waals surface area contributed by atoms with Gasteiger partial charge in [-0.2, -0.15) is 0 Å². The van der Waals surface area contributed by atoms with Gasteiger partial charge in [0.25, 0.3) is 0 Å². The number of carboxylic acids is 1. The number of ether oxygens (including phenoxy) is 1. The first kappa shape index (κ1) is 19.0. The van der Waals surface area contributed by atoms with Crippen molar-refractivity contribution in [3.8, 4) is 0 Å². The summed E-state index contributed by atoms with van der Waals surface area (Å²) in [6.07, 6.45) is 0.00196. The second-order valence-corrected chi connectivity index (χ2v) is 6.54. The number of carbonyl (C=O) groups excluding carboxylic acids is 1. The highest BCUT2D eigenvalue weighted by molar-refractivity contribution is 5.79. The number of rotatable bonds is 8. The molecule has 23 heavy (non-hydrogen) atoms. The van der Waals surface area contributed by atoms with Crippen molar-refractivity contribution in [2.45, 2.75) is 52.7 Å². The molecule has 0 aliphatic heterocycles. The molecule has 1 amide bonds. The lowest BCUT2D eigenvalue weighted by atomic mass is 9.99. The molecule has 0 fully saturated rings. The van der Waals surface area contributed by atoms with Gasteiger partial charge in [-0.1, -0.05) is 58.0 Å². The number of hydrogen-bond acceptors (Lipinski definition) is 3. The van der Waals surface area contributed by atoms with Gasteiger partial charge in [-0.15, -0.1) is 0 Å². The molecule has 0 heterocycles. The van der Waals surface area contributed by atoms with Crippen LogP contribution in [0.2, 0.25) is 0 Å². The third kappa shape index (κ3) is 7.17. The molecule has 0 aliphatic carbocycles. The second-order valence-electron chi connectivity index (χ2n) is 6.54. The van der Waals surface area contributed by atoms with E-state index >= 15 is 0 Å². The Hall–Kier alpha value is -2.04. The lowest BCUT2D eigenvalue weighted by Gasteiger charge is -2.23. The Kier molecular flexibility index (Phi) is 7.59. The molecule has 0 aliphatic rings. The van der Waals surface area contributed by atoms with Crippen molar-refractivity contribution in [3.63, 3.8) is 0 Å². The zero-order valence-electron chi connectivity index (χ0n) is 14.3. The van der Waals surface area contributed by atoms with Crippen LogP contribution in [0, 0.1) is 11.8 Å². The van der Waals surface area contributed by atoms with Gasteiger partial charge in [-0.25, -0.2) is 9.59 Å². The molecule has 2 unspecified atom stereocenters. The van der Waals surface area contributed by atoms with Gasteiger partial charge < -0.3 is 15.2 Å². The minimum absolute atomic E-state index is 0.134. The summed E-state index contributed by atoms with van der Waals surface area (Å²) in [5.74, 6) is -0.740. The zero-order chi connectivity index (χ0) is 17.4. The van der Waals surface area contributed by atoms with E-state index in [1.807, 2.05) is 58.0 Å². The zero-order valence-corrected chi connectivity index (χ0v) is 14.3. The SMILES string of the molecule is CC(C)CC(NC(=O)OC(Cc1ccccc1)C(C)C)C(=O)O. The van der Waals surface area contributed by atoms with Gasteiger partial charge in [0.2, 0.25) is 0 Å². The summed E-state index contributed by atoms with van der Waals surface area (Å²) in [4.78, 5) is 23.3. The number of hydrogen-bond donors (Lipinski definition) is 2. The lowest BCUT2D eigenvalue weighted by Crippen LogP contribution is -2.43. The Labute approximate surface area is 138 Å². The van der Waals surface area contributed by atoms with Gasteiger partial charge in [-0.05, 0) is 23.8 Å². The van der Waals surface area contributed by atoms with E-state index in [-0.39, 0.29) is 17.9 Å². The average molecular weight is 321 g/mol. The molecular weight excluding hydrogens is 294 g/mol. The van der Waals surface area contributed by atoms with Crippen LogP contribution in [-0.4, -0.2) is 29.3 Å². The molecule has 5 heteroatoms. The minimum Gasteiger partial charge on any atom is -0.480 e. The van der Waals surface area contributed by atoms with Crippen LogP contribution in [0.3, 0.4) is 0 Å². The van der Waals surface area contributed by atoms with E-state index < -0.39 is 18.1 Å². The van der Waals surface area contributed by atoms with E-state index in [2.05, 4.69) is 5.32 Å². The lowest BCUT2D eigenvalue weighted by molar-refractivity contribution is -0.139. The minimum atomic E-state index is -1.04. The van der Waals surface area contributed by atoms with Crippen molar-refractivity contribution in [1.82, 2.24) is 5.32 Å². The number of amides is 1. The van der Waals surface area contributed by atoms with Crippen molar-refractivity contribution >= 4 is 12.1 Å². The van der Waals surface area contributed by atoms with E-state index in [1.165, 1.54) is 0 Å². The molecular formula is C18H27NO4. The fourth-order valence-corrected chi connectivity index (χ4v) is 2.27. The highest BCUT2D eigenvalue weighted by Gasteiger charge is 2.25. The molecule has 2 atom stereocenters. The number of aliphatic carboxylic acids is 1. The third-order valence-electron chi connectivity index (χ3n) is 3.58. The Balaban J connectivity index is 2.64. The second kappa shape index (κ2) is 9.18. The molecule has 1 aromatic carbocycles. The van der Waals surface area contributed by atoms with E-state index in [0.717, 1.165) is 5.56 Å². The molecule has 0 bridgehead atoms. The Morgan fingerprint density at radius 3 is 2.22 bits per heavy atom. The number of carboxylic acid groups (broad SMARTS) is 1. The molecule has 5 nitrogen and oxygen atoms in total. The summed E-state index contributed by atoms with van der Waals surface area (Å²) in [7, 11) is 0. The quantitative estimate of drug-likeness (QED) is 0.768. The van der Waals surface area contributed by atoms with Gasteiger partial charge in [0.1, 0.15) is 12.1 Å². The van der Waals surface area contributed by atoms with Gasteiger partial charge >= 0.3 is 12.1 Å². The van der Waals surface area contributed by atoms with Crippen molar-refractivity contribution in [1.29, 1.82) is 0 Å². The smallest absolute Gasteiger partial charge is 0.408 e. The highest BCUT2D eigenvalue weighted by atomic mass is 16.6. The Morgan fingerprint density at radius 1 is 1.13 bits per heavy atom. The molecule has 0 radical (unpaired) electrons. The molecule has 0 spiro atoms. The van der Waals surface area contributed by atoms with Crippen LogP contribution in [0.1, 0.15) is 39.7 Å². The van der Waals surface area contributed by atoms with Crippen molar-refractivity contribution in [2.75, 3.05) is 0 Å². The maximum Gasteiger partial charge on any atom is 0.408 e. The number of alkyl carbamates (subject to hydrolysis) is 1. The Bertz CT molecular complexity index is 499. The monoisotopic (exact) mass is 321 g/mol. The first-order valence-electron chi connectivity index (χ1n) is 8.03. The molecule has 1 aromatic rings. The van der Waals surface area contributed by atoms with Crippen LogP contribution in [-0.2, 0) is 16.0 Å². The summed E-state index contributed by atoms with van der Waals surface area (Å²) < 4.78 is 5.46. The van der Waals surface area contributed by atoms with Crippen molar-refractivity contribution < 1.29 is 19.4 Å². The van der Waals surface area contributed by atoms with E-state index in [9.17, 15) is 14.7 Å². The van der Waals surface area contributed by atoms with Crippen LogP contribution >= 0.6 is 0 Å². The van der Waals surface area contributed by atoms with E-state index in [4.69, 9.17) is 4.74 Å². The average Bonchev–Trinajstić information content (AvgIpc) is 2.46. The van der Waals surface area contributed by atoms with Crippen LogP contribution in [0.15, 0.2) is 30.3 Å². The summed E-state index contributed by atoms with van der Waals surface area (Å²) in [5.41, 5.74) is 1.08. The molecule has 0 aromatic heterocycles. The summed E-state index contributed by atoms with van der Waals surface area (Å²) in [5, 5.41) is 11.6. The summed E-state index contributed by atoms with van der Waals surface area (Å²) >= 11 is 0. The van der Waals surface area contributed by atoms with Gasteiger partial charge in [0.05, 0.1) is 0 Å². The van der Waals surface area contributed by atoms with Gasteiger partial charge in [-0.3, -0.25) is 0 Å².